The highest BCUT2D eigenvalue weighted by molar-refractivity contribution is 5.69. The molecule has 0 heterocycles. The number of carboxylic acids is 1. The lowest BCUT2D eigenvalue weighted by Gasteiger charge is -2.13. The van der Waals surface area contributed by atoms with Gasteiger partial charge in [0.1, 0.15) is 6.61 Å². The zero-order valence-corrected chi connectivity index (χ0v) is 7.24. The zero-order chi connectivity index (χ0) is 9.56. The maximum Gasteiger partial charge on any atom is 0.409 e. The van der Waals surface area contributed by atoms with E-state index >= 15 is 0 Å². The first-order valence-electron chi connectivity index (χ1n) is 3.67. The predicted octanol–water partition coefficient (Wildman–Crippen LogP) is 0.549. The number of carbonyl (C=O) groups is 2. The van der Waals surface area contributed by atoms with Gasteiger partial charge in [-0.2, -0.15) is 0 Å². The molecule has 0 radical (unpaired) electrons. The lowest BCUT2D eigenvalue weighted by atomic mass is 10.5. The van der Waals surface area contributed by atoms with E-state index in [-0.39, 0.29) is 13.0 Å². The van der Waals surface area contributed by atoms with Gasteiger partial charge in [0.05, 0.1) is 6.42 Å². The van der Waals surface area contributed by atoms with Gasteiger partial charge in [-0.25, -0.2) is 4.79 Å². The SMILES string of the molecule is CCN(C)C(=O)OCCC(=O)O. The van der Waals surface area contributed by atoms with E-state index in [1.165, 1.54) is 4.90 Å². The van der Waals surface area contributed by atoms with E-state index in [1.807, 2.05) is 0 Å². The maximum atomic E-state index is 10.9. The van der Waals surface area contributed by atoms with Crippen LogP contribution in [0.2, 0.25) is 0 Å². The molecule has 0 rings (SSSR count). The van der Waals surface area contributed by atoms with E-state index in [0.717, 1.165) is 0 Å². The smallest absolute Gasteiger partial charge is 0.409 e. The number of carboxylic acid groups (broad SMARTS) is 1. The number of hydrogen-bond donors (Lipinski definition) is 1. The molecular formula is C7H13NO4. The van der Waals surface area contributed by atoms with E-state index in [0.29, 0.717) is 6.54 Å². The third kappa shape index (κ3) is 4.54. The third-order valence-corrected chi connectivity index (χ3v) is 1.33. The average Bonchev–Trinajstić information content (AvgIpc) is 2.02. The van der Waals surface area contributed by atoms with Crippen LogP contribution in [0.4, 0.5) is 4.79 Å². The molecule has 0 bridgehead atoms. The van der Waals surface area contributed by atoms with Crippen LogP contribution < -0.4 is 0 Å². The largest absolute Gasteiger partial charge is 0.481 e. The van der Waals surface area contributed by atoms with Gasteiger partial charge >= 0.3 is 12.1 Å². The Bertz CT molecular complexity index is 169. The summed E-state index contributed by atoms with van der Waals surface area (Å²) in [4.78, 5) is 22.2. The fraction of sp³-hybridized carbons (Fsp3) is 0.714. The lowest BCUT2D eigenvalue weighted by molar-refractivity contribution is -0.137. The van der Waals surface area contributed by atoms with Gasteiger partial charge < -0.3 is 14.7 Å². The quantitative estimate of drug-likeness (QED) is 0.677. The molecule has 0 saturated heterocycles. The molecule has 0 spiro atoms. The van der Waals surface area contributed by atoms with Crippen molar-refractivity contribution in [2.24, 2.45) is 0 Å². The van der Waals surface area contributed by atoms with E-state index in [9.17, 15) is 9.59 Å². The summed E-state index contributed by atoms with van der Waals surface area (Å²) < 4.78 is 4.61. The van der Waals surface area contributed by atoms with E-state index in [4.69, 9.17) is 5.11 Å². The third-order valence-electron chi connectivity index (χ3n) is 1.33. The van der Waals surface area contributed by atoms with Crippen molar-refractivity contribution >= 4 is 12.1 Å². The van der Waals surface area contributed by atoms with Crippen molar-refractivity contribution in [1.82, 2.24) is 4.90 Å². The maximum absolute atomic E-state index is 10.9. The van der Waals surface area contributed by atoms with Crippen LogP contribution in [0.25, 0.3) is 0 Å². The molecule has 0 aliphatic heterocycles. The highest BCUT2D eigenvalue weighted by atomic mass is 16.6. The Morgan fingerprint density at radius 2 is 2.08 bits per heavy atom. The van der Waals surface area contributed by atoms with Crippen molar-refractivity contribution in [1.29, 1.82) is 0 Å². The molecule has 0 aromatic rings. The van der Waals surface area contributed by atoms with Crippen molar-refractivity contribution in [3.63, 3.8) is 0 Å². The van der Waals surface area contributed by atoms with Crippen molar-refractivity contribution < 1.29 is 19.4 Å². The summed E-state index contributed by atoms with van der Waals surface area (Å²) in [5, 5.41) is 8.22. The molecule has 0 fully saturated rings. The molecule has 1 amide bonds. The van der Waals surface area contributed by atoms with Crippen LogP contribution in [0.1, 0.15) is 13.3 Å². The van der Waals surface area contributed by atoms with Crippen LogP contribution in [-0.2, 0) is 9.53 Å². The van der Waals surface area contributed by atoms with Crippen molar-refractivity contribution in [2.45, 2.75) is 13.3 Å². The minimum absolute atomic E-state index is 0.0709. The zero-order valence-electron chi connectivity index (χ0n) is 7.24. The topological polar surface area (TPSA) is 66.8 Å². The molecule has 5 heteroatoms. The van der Waals surface area contributed by atoms with E-state index < -0.39 is 12.1 Å². The molecule has 70 valence electrons. The molecule has 0 saturated carbocycles. The fourth-order valence-electron chi connectivity index (χ4n) is 0.465. The summed E-state index contributed by atoms with van der Waals surface area (Å²) in [6.45, 7) is 2.28. The van der Waals surface area contributed by atoms with Crippen LogP contribution in [0.15, 0.2) is 0 Å². The summed E-state index contributed by atoms with van der Waals surface area (Å²) in [6.07, 6.45) is -0.637. The van der Waals surface area contributed by atoms with Gasteiger partial charge in [0, 0.05) is 13.6 Å². The number of hydrogen-bond acceptors (Lipinski definition) is 3. The molecule has 0 aromatic carbocycles. The van der Waals surface area contributed by atoms with Crippen molar-refractivity contribution in [3.05, 3.63) is 0 Å². The van der Waals surface area contributed by atoms with Gasteiger partial charge in [-0.1, -0.05) is 0 Å². The summed E-state index contributed by atoms with van der Waals surface area (Å²) in [7, 11) is 1.59. The highest BCUT2D eigenvalue weighted by Crippen LogP contribution is 1.90. The predicted molar refractivity (Wildman–Crippen MR) is 41.9 cm³/mol. The van der Waals surface area contributed by atoms with Crippen LogP contribution >= 0.6 is 0 Å². The molecule has 0 aliphatic carbocycles. The molecule has 12 heavy (non-hydrogen) atoms. The summed E-state index contributed by atoms with van der Waals surface area (Å²) in [5.74, 6) is -0.970. The van der Waals surface area contributed by atoms with Gasteiger partial charge in [-0.3, -0.25) is 4.79 Å². The van der Waals surface area contributed by atoms with Crippen LogP contribution in [0.3, 0.4) is 0 Å². The van der Waals surface area contributed by atoms with Gasteiger partial charge in [0.15, 0.2) is 0 Å². The Morgan fingerprint density at radius 1 is 1.50 bits per heavy atom. The van der Waals surface area contributed by atoms with Crippen molar-refractivity contribution in [2.75, 3.05) is 20.2 Å². The number of carbonyl (C=O) groups excluding carboxylic acids is 1. The van der Waals surface area contributed by atoms with Gasteiger partial charge in [-0.15, -0.1) is 0 Å². The van der Waals surface area contributed by atoms with Gasteiger partial charge in [0.2, 0.25) is 0 Å². The van der Waals surface area contributed by atoms with Crippen LogP contribution in [-0.4, -0.2) is 42.3 Å². The van der Waals surface area contributed by atoms with E-state index in [2.05, 4.69) is 4.74 Å². The van der Waals surface area contributed by atoms with Crippen molar-refractivity contribution in [3.8, 4) is 0 Å². The molecule has 0 atom stereocenters. The second-order valence-electron chi connectivity index (χ2n) is 2.27. The van der Waals surface area contributed by atoms with Gasteiger partial charge in [-0.05, 0) is 6.92 Å². The number of rotatable bonds is 4. The Hall–Kier alpha value is -1.26. The summed E-state index contributed by atoms with van der Waals surface area (Å²) >= 11 is 0. The summed E-state index contributed by atoms with van der Waals surface area (Å²) in [5.41, 5.74) is 0. The normalized spacial score (nSPS) is 9.17. The van der Waals surface area contributed by atoms with Gasteiger partial charge in [0.25, 0.3) is 0 Å². The van der Waals surface area contributed by atoms with E-state index in [1.54, 1.807) is 14.0 Å². The molecule has 0 aromatic heterocycles. The fourth-order valence-corrected chi connectivity index (χ4v) is 0.465. The summed E-state index contributed by atoms with van der Waals surface area (Å²) in [6, 6.07) is 0. The Balaban J connectivity index is 3.50. The first-order chi connectivity index (χ1) is 5.57. The van der Waals surface area contributed by atoms with Crippen LogP contribution in [0.5, 0.6) is 0 Å². The highest BCUT2D eigenvalue weighted by Gasteiger charge is 2.07. The number of aliphatic carboxylic acids is 1. The molecular weight excluding hydrogens is 162 g/mol. The lowest BCUT2D eigenvalue weighted by Crippen LogP contribution is -2.27. The molecule has 5 nitrogen and oxygen atoms in total. The minimum Gasteiger partial charge on any atom is -0.481 e. The number of amides is 1. The first-order valence-corrected chi connectivity index (χ1v) is 3.67. The first kappa shape index (κ1) is 10.7. The number of ether oxygens (including phenoxy) is 1. The Labute approximate surface area is 70.9 Å². The molecule has 1 N–H and O–H groups in total. The second-order valence-corrected chi connectivity index (χ2v) is 2.27. The standard InChI is InChI=1S/C7H13NO4/c1-3-8(2)7(11)12-5-4-6(9)10/h3-5H2,1-2H3,(H,9,10). The Kier molecular flexibility index (Phi) is 4.83. The minimum atomic E-state index is -0.970. The van der Waals surface area contributed by atoms with Crippen LogP contribution in [0, 0.1) is 0 Å². The Morgan fingerprint density at radius 3 is 2.50 bits per heavy atom. The second kappa shape index (κ2) is 5.40. The molecule has 0 unspecified atom stereocenters. The monoisotopic (exact) mass is 175 g/mol. The molecule has 0 aliphatic rings. The number of nitrogens with zero attached hydrogens (tertiary/aromatic N) is 1. The average molecular weight is 175 g/mol.